The minimum absolute atomic E-state index is 0.378. The van der Waals surface area contributed by atoms with Crippen molar-refractivity contribution in [3.05, 3.63) is 0 Å². The van der Waals surface area contributed by atoms with Gasteiger partial charge in [-0.1, -0.05) is 26.7 Å². The Hall–Kier alpha value is -0.370. The topological polar surface area (TPSA) is 20.3 Å². The van der Waals surface area contributed by atoms with Crippen LogP contribution in [0.4, 0.5) is 0 Å². The molecule has 18 heavy (non-hydrogen) atoms. The van der Waals surface area contributed by atoms with Crippen molar-refractivity contribution in [2.75, 3.05) is 7.05 Å². The van der Waals surface area contributed by atoms with Crippen LogP contribution in [0.3, 0.4) is 0 Å². The van der Waals surface area contributed by atoms with Gasteiger partial charge in [-0.2, -0.15) is 0 Å². The monoisotopic (exact) mass is 251 g/mol. The van der Waals surface area contributed by atoms with Crippen molar-refractivity contribution in [2.24, 2.45) is 11.8 Å². The Morgan fingerprint density at radius 1 is 1.22 bits per heavy atom. The van der Waals surface area contributed by atoms with Gasteiger partial charge in [-0.15, -0.1) is 0 Å². The third-order valence-electron chi connectivity index (χ3n) is 5.00. The molecule has 2 unspecified atom stereocenters. The predicted octanol–water partition coefficient (Wildman–Crippen LogP) is 3.64. The molecule has 0 aromatic heterocycles. The Balaban J connectivity index is 1.81. The Morgan fingerprint density at radius 2 is 1.83 bits per heavy atom. The molecule has 0 saturated carbocycles. The van der Waals surface area contributed by atoms with Crippen LogP contribution in [0.25, 0.3) is 0 Å². The van der Waals surface area contributed by atoms with E-state index in [1.54, 1.807) is 0 Å². The van der Waals surface area contributed by atoms with E-state index in [2.05, 4.69) is 25.8 Å². The zero-order chi connectivity index (χ0) is 13.1. The lowest BCUT2D eigenvalue weighted by Gasteiger charge is -2.46. The molecule has 2 atom stereocenters. The summed E-state index contributed by atoms with van der Waals surface area (Å²) in [5.41, 5.74) is 0. The summed E-state index contributed by atoms with van der Waals surface area (Å²) in [6.07, 6.45) is 9.37. The number of nitrogens with zero attached hydrogens (tertiary/aromatic N) is 1. The number of hydrogen-bond acceptors (Lipinski definition) is 2. The summed E-state index contributed by atoms with van der Waals surface area (Å²) in [6.45, 7) is 4.48. The first kappa shape index (κ1) is 14.0. The SMILES string of the molecule is CC(C)CCCC(=O)C1CC2CCCC(C1)N2C. The maximum absolute atomic E-state index is 12.3. The molecule has 2 saturated heterocycles. The summed E-state index contributed by atoms with van der Waals surface area (Å²) in [7, 11) is 2.26. The van der Waals surface area contributed by atoms with E-state index < -0.39 is 0 Å². The fourth-order valence-electron chi connectivity index (χ4n) is 3.77. The quantitative estimate of drug-likeness (QED) is 0.743. The van der Waals surface area contributed by atoms with Crippen LogP contribution in [0.1, 0.15) is 65.2 Å². The molecule has 2 heterocycles. The van der Waals surface area contributed by atoms with Crippen LogP contribution < -0.4 is 0 Å². The average Bonchev–Trinajstić information content (AvgIpc) is 2.27. The van der Waals surface area contributed by atoms with Crippen molar-refractivity contribution in [1.82, 2.24) is 4.90 Å². The highest BCUT2D eigenvalue weighted by atomic mass is 16.1. The Morgan fingerprint density at radius 3 is 2.39 bits per heavy atom. The summed E-state index contributed by atoms with van der Waals surface area (Å²) in [6, 6.07) is 1.38. The van der Waals surface area contributed by atoms with Crippen LogP contribution in [0.2, 0.25) is 0 Å². The first-order chi connectivity index (χ1) is 8.58. The fraction of sp³-hybridized carbons (Fsp3) is 0.938. The van der Waals surface area contributed by atoms with Crippen molar-refractivity contribution >= 4 is 5.78 Å². The predicted molar refractivity (Wildman–Crippen MR) is 75.6 cm³/mol. The maximum atomic E-state index is 12.3. The number of rotatable bonds is 5. The molecule has 2 nitrogen and oxygen atoms in total. The largest absolute Gasteiger partial charge is 0.300 e. The number of hydrogen-bond donors (Lipinski definition) is 0. The van der Waals surface area contributed by atoms with E-state index in [1.165, 1.54) is 25.7 Å². The summed E-state index contributed by atoms with van der Waals surface area (Å²) >= 11 is 0. The fourth-order valence-corrected chi connectivity index (χ4v) is 3.77. The number of carbonyl (C=O) groups excluding carboxylic acids is 1. The number of carbonyl (C=O) groups is 1. The van der Waals surface area contributed by atoms with Gasteiger partial charge in [0.05, 0.1) is 0 Å². The smallest absolute Gasteiger partial charge is 0.136 e. The minimum atomic E-state index is 0.378. The highest BCUT2D eigenvalue weighted by Crippen LogP contribution is 2.36. The molecule has 0 spiro atoms. The van der Waals surface area contributed by atoms with Crippen molar-refractivity contribution in [3.63, 3.8) is 0 Å². The molecule has 2 rings (SSSR count). The molecular weight excluding hydrogens is 222 g/mol. The Kier molecular flexibility index (Phi) is 4.83. The highest BCUT2D eigenvalue weighted by Gasteiger charge is 2.38. The summed E-state index contributed by atoms with van der Waals surface area (Å²) in [4.78, 5) is 14.8. The molecule has 0 amide bonds. The number of ketones is 1. The van der Waals surface area contributed by atoms with Crippen molar-refractivity contribution in [1.29, 1.82) is 0 Å². The van der Waals surface area contributed by atoms with Gasteiger partial charge in [-0.25, -0.2) is 0 Å². The molecule has 0 aromatic rings. The minimum Gasteiger partial charge on any atom is -0.300 e. The number of piperidine rings is 2. The lowest BCUT2D eigenvalue weighted by molar-refractivity contribution is -0.126. The van der Waals surface area contributed by atoms with Gasteiger partial charge in [0.1, 0.15) is 5.78 Å². The van der Waals surface area contributed by atoms with E-state index in [-0.39, 0.29) is 0 Å². The average molecular weight is 251 g/mol. The molecule has 2 fully saturated rings. The van der Waals surface area contributed by atoms with E-state index in [1.807, 2.05) is 0 Å². The Labute approximate surface area is 112 Å². The molecule has 2 bridgehead atoms. The van der Waals surface area contributed by atoms with Crippen molar-refractivity contribution in [3.8, 4) is 0 Å². The van der Waals surface area contributed by atoms with Crippen LogP contribution in [0.5, 0.6) is 0 Å². The van der Waals surface area contributed by atoms with E-state index in [4.69, 9.17) is 0 Å². The van der Waals surface area contributed by atoms with Gasteiger partial charge in [0, 0.05) is 24.4 Å². The first-order valence-electron chi connectivity index (χ1n) is 7.82. The van der Waals surface area contributed by atoms with E-state index in [0.29, 0.717) is 23.8 Å². The second-order valence-corrected chi connectivity index (χ2v) is 6.82. The summed E-state index contributed by atoms with van der Waals surface area (Å²) in [5.74, 6) is 1.67. The van der Waals surface area contributed by atoms with Crippen LogP contribution in [0, 0.1) is 11.8 Å². The molecule has 0 aliphatic carbocycles. The van der Waals surface area contributed by atoms with Gasteiger partial charge in [-0.3, -0.25) is 4.79 Å². The van der Waals surface area contributed by atoms with Gasteiger partial charge in [0.2, 0.25) is 0 Å². The van der Waals surface area contributed by atoms with Gasteiger partial charge in [0.25, 0.3) is 0 Å². The maximum Gasteiger partial charge on any atom is 0.136 e. The summed E-state index contributed by atoms with van der Waals surface area (Å²) < 4.78 is 0. The second kappa shape index (κ2) is 6.18. The van der Waals surface area contributed by atoms with Crippen molar-refractivity contribution in [2.45, 2.75) is 77.3 Å². The molecule has 2 heteroatoms. The summed E-state index contributed by atoms with van der Waals surface area (Å²) in [5, 5.41) is 0. The normalized spacial score (nSPS) is 32.8. The molecule has 104 valence electrons. The van der Waals surface area contributed by atoms with Crippen LogP contribution in [-0.4, -0.2) is 29.8 Å². The zero-order valence-electron chi connectivity index (χ0n) is 12.3. The standard InChI is InChI=1S/C16H29NO/c1-12(2)6-4-9-16(18)13-10-14-7-5-8-15(11-13)17(14)3/h12-15H,4-11H2,1-3H3. The molecule has 0 aromatic carbocycles. The van der Waals surface area contributed by atoms with Gasteiger partial charge in [0.15, 0.2) is 0 Å². The van der Waals surface area contributed by atoms with Crippen LogP contribution in [-0.2, 0) is 4.79 Å². The zero-order valence-corrected chi connectivity index (χ0v) is 12.3. The van der Waals surface area contributed by atoms with Crippen LogP contribution >= 0.6 is 0 Å². The molecular formula is C16H29NO. The van der Waals surface area contributed by atoms with Crippen molar-refractivity contribution < 1.29 is 4.79 Å². The number of Topliss-reactive ketones (excluding diaryl/α,β-unsaturated/α-hetero) is 1. The third kappa shape index (κ3) is 3.34. The van der Waals surface area contributed by atoms with Gasteiger partial charge >= 0.3 is 0 Å². The molecule has 0 radical (unpaired) electrons. The highest BCUT2D eigenvalue weighted by molar-refractivity contribution is 5.81. The lowest BCUT2D eigenvalue weighted by Crippen LogP contribution is -2.51. The third-order valence-corrected chi connectivity index (χ3v) is 5.00. The molecule has 2 aliphatic rings. The molecule has 2 aliphatic heterocycles. The lowest BCUT2D eigenvalue weighted by atomic mass is 9.76. The second-order valence-electron chi connectivity index (χ2n) is 6.82. The van der Waals surface area contributed by atoms with Gasteiger partial charge in [-0.05, 0) is 45.1 Å². The van der Waals surface area contributed by atoms with Gasteiger partial charge < -0.3 is 4.90 Å². The van der Waals surface area contributed by atoms with E-state index in [9.17, 15) is 4.79 Å². The van der Waals surface area contributed by atoms with Crippen LogP contribution in [0.15, 0.2) is 0 Å². The van der Waals surface area contributed by atoms with E-state index in [0.717, 1.165) is 31.6 Å². The van der Waals surface area contributed by atoms with E-state index >= 15 is 0 Å². The first-order valence-corrected chi connectivity index (χ1v) is 7.82. The Bertz CT molecular complexity index is 273. The molecule has 0 N–H and O–H groups in total. The number of fused-ring (bicyclic) bond motifs is 2.